The zero-order valence-corrected chi connectivity index (χ0v) is 12.1. The number of hydrogen-bond donors (Lipinski definition) is 1. The van der Waals surface area contributed by atoms with Gasteiger partial charge in [-0.15, -0.1) is 0 Å². The molecule has 0 atom stereocenters. The first-order valence-corrected chi connectivity index (χ1v) is 7.50. The van der Waals surface area contributed by atoms with E-state index in [2.05, 4.69) is 33.6 Å². The van der Waals surface area contributed by atoms with Gasteiger partial charge in [-0.2, -0.15) is 0 Å². The van der Waals surface area contributed by atoms with Gasteiger partial charge in [-0.1, -0.05) is 11.8 Å². The molecule has 1 aliphatic rings. The molecule has 0 saturated carbocycles. The summed E-state index contributed by atoms with van der Waals surface area (Å²) in [6.45, 7) is 8.64. The Morgan fingerprint density at radius 1 is 1.22 bits per heavy atom. The minimum absolute atomic E-state index is 0.552. The van der Waals surface area contributed by atoms with Gasteiger partial charge in [-0.25, -0.2) is 9.97 Å². The number of thioether (sulfide) groups is 1. The number of nitrogens with two attached hydrogens (primary N) is 1. The quantitative estimate of drug-likeness (QED) is 0.658. The molecule has 6 heteroatoms. The van der Waals surface area contributed by atoms with E-state index in [-0.39, 0.29) is 0 Å². The Morgan fingerprint density at radius 2 is 1.89 bits per heavy atom. The fourth-order valence-corrected chi connectivity index (χ4v) is 2.53. The second kappa shape index (κ2) is 5.75. The third-order valence-corrected chi connectivity index (χ3v) is 3.81. The fourth-order valence-electron chi connectivity index (χ4n) is 2.15. The monoisotopic (exact) mass is 267 g/mol. The van der Waals surface area contributed by atoms with E-state index in [9.17, 15) is 0 Å². The first-order chi connectivity index (χ1) is 8.60. The number of rotatable bonds is 3. The van der Waals surface area contributed by atoms with Crippen molar-refractivity contribution >= 4 is 23.4 Å². The molecule has 18 heavy (non-hydrogen) atoms. The van der Waals surface area contributed by atoms with Crippen molar-refractivity contribution in [3.05, 3.63) is 6.07 Å². The molecular weight excluding hydrogens is 246 g/mol. The van der Waals surface area contributed by atoms with Crippen LogP contribution in [0.1, 0.15) is 13.8 Å². The Hall–Kier alpha value is -1.01. The second-order valence-corrected chi connectivity index (χ2v) is 5.53. The van der Waals surface area contributed by atoms with Crippen LogP contribution >= 0.6 is 11.8 Å². The van der Waals surface area contributed by atoms with Gasteiger partial charge in [-0.3, -0.25) is 4.90 Å². The SMILES string of the molecule is CSc1nc(N)cc(N2CCN(C(C)C)CC2)n1. The lowest BCUT2D eigenvalue weighted by Crippen LogP contribution is -2.49. The van der Waals surface area contributed by atoms with E-state index < -0.39 is 0 Å². The summed E-state index contributed by atoms with van der Waals surface area (Å²) in [7, 11) is 0. The van der Waals surface area contributed by atoms with Crippen molar-refractivity contribution in [2.24, 2.45) is 0 Å². The first kappa shape index (κ1) is 13.4. The molecule has 1 aromatic rings. The topological polar surface area (TPSA) is 58.3 Å². The molecule has 1 aromatic heterocycles. The summed E-state index contributed by atoms with van der Waals surface area (Å²) < 4.78 is 0. The molecule has 1 fully saturated rings. The van der Waals surface area contributed by atoms with Gasteiger partial charge in [0.25, 0.3) is 0 Å². The van der Waals surface area contributed by atoms with Gasteiger partial charge >= 0.3 is 0 Å². The minimum atomic E-state index is 0.552. The Labute approximate surface area is 113 Å². The average Bonchev–Trinajstić information content (AvgIpc) is 2.38. The Balaban J connectivity index is 2.07. The van der Waals surface area contributed by atoms with Crippen molar-refractivity contribution in [1.29, 1.82) is 0 Å². The molecule has 0 aliphatic carbocycles. The lowest BCUT2D eigenvalue weighted by molar-refractivity contribution is 0.209. The average molecular weight is 267 g/mol. The van der Waals surface area contributed by atoms with Crippen molar-refractivity contribution in [2.75, 3.05) is 43.1 Å². The number of nitrogens with zero attached hydrogens (tertiary/aromatic N) is 4. The van der Waals surface area contributed by atoms with E-state index in [1.165, 1.54) is 11.8 Å². The Kier molecular flexibility index (Phi) is 4.29. The molecule has 0 amide bonds. The standard InChI is InChI=1S/C12H21N5S/c1-9(2)16-4-6-17(7-5-16)11-8-10(13)14-12(15-11)18-3/h8-9H,4-7H2,1-3H3,(H2,13,14,15). The van der Waals surface area contributed by atoms with Crippen LogP contribution in [0, 0.1) is 0 Å². The molecule has 2 heterocycles. The van der Waals surface area contributed by atoms with Gasteiger partial charge in [0.05, 0.1) is 0 Å². The summed E-state index contributed by atoms with van der Waals surface area (Å²) in [6, 6.07) is 2.48. The van der Waals surface area contributed by atoms with Crippen LogP contribution in [0.25, 0.3) is 0 Å². The highest BCUT2D eigenvalue weighted by atomic mass is 32.2. The lowest BCUT2D eigenvalue weighted by Gasteiger charge is -2.37. The van der Waals surface area contributed by atoms with Crippen molar-refractivity contribution in [3.63, 3.8) is 0 Å². The summed E-state index contributed by atoms with van der Waals surface area (Å²) in [6.07, 6.45) is 1.97. The maximum absolute atomic E-state index is 5.82. The van der Waals surface area contributed by atoms with Crippen LogP contribution < -0.4 is 10.6 Å². The molecule has 1 saturated heterocycles. The number of piperazine rings is 1. The maximum Gasteiger partial charge on any atom is 0.191 e. The molecule has 0 aromatic carbocycles. The molecule has 0 bridgehead atoms. The van der Waals surface area contributed by atoms with Crippen LogP contribution in [0.4, 0.5) is 11.6 Å². The third kappa shape index (κ3) is 3.05. The second-order valence-electron chi connectivity index (χ2n) is 4.75. The van der Waals surface area contributed by atoms with Gasteiger partial charge in [0.15, 0.2) is 5.16 Å². The van der Waals surface area contributed by atoms with E-state index in [0.29, 0.717) is 11.9 Å². The van der Waals surface area contributed by atoms with E-state index >= 15 is 0 Å². The summed E-state index contributed by atoms with van der Waals surface area (Å²) in [5, 5.41) is 0.747. The van der Waals surface area contributed by atoms with E-state index in [4.69, 9.17) is 5.73 Å². The molecular formula is C12H21N5S. The zero-order valence-electron chi connectivity index (χ0n) is 11.3. The third-order valence-electron chi connectivity index (χ3n) is 3.26. The summed E-state index contributed by atoms with van der Waals surface area (Å²) in [5.41, 5.74) is 5.82. The van der Waals surface area contributed by atoms with Crippen LogP contribution in [0.2, 0.25) is 0 Å². The lowest BCUT2D eigenvalue weighted by atomic mass is 10.2. The van der Waals surface area contributed by atoms with Crippen molar-refractivity contribution < 1.29 is 0 Å². The van der Waals surface area contributed by atoms with Crippen LogP contribution in [-0.2, 0) is 0 Å². The van der Waals surface area contributed by atoms with Crippen LogP contribution in [-0.4, -0.2) is 53.3 Å². The molecule has 100 valence electrons. The summed E-state index contributed by atoms with van der Waals surface area (Å²) in [4.78, 5) is 13.5. The minimum Gasteiger partial charge on any atom is -0.383 e. The molecule has 0 unspecified atom stereocenters. The number of anilines is 2. The van der Waals surface area contributed by atoms with Crippen LogP contribution in [0.15, 0.2) is 11.2 Å². The highest BCUT2D eigenvalue weighted by molar-refractivity contribution is 7.98. The number of hydrogen-bond acceptors (Lipinski definition) is 6. The normalized spacial score (nSPS) is 17.4. The van der Waals surface area contributed by atoms with Crippen molar-refractivity contribution in [3.8, 4) is 0 Å². The highest BCUT2D eigenvalue weighted by Gasteiger charge is 2.20. The fraction of sp³-hybridized carbons (Fsp3) is 0.667. The summed E-state index contributed by atoms with van der Waals surface area (Å²) in [5.74, 6) is 1.51. The first-order valence-electron chi connectivity index (χ1n) is 6.27. The van der Waals surface area contributed by atoms with E-state index in [1.54, 1.807) is 0 Å². The van der Waals surface area contributed by atoms with Gasteiger partial charge < -0.3 is 10.6 Å². The van der Waals surface area contributed by atoms with Crippen molar-refractivity contribution in [1.82, 2.24) is 14.9 Å². The van der Waals surface area contributed by atoms with Crippen LogP contribution in [0.3, 0.4) is 0 Å². The molecule has 0 radical (unpaired) electrons. The van der Waals surface area contributed by atoms with Crippen molar-refractivity contribution in [2.45, 2.75) is 25.0 Å². The molecule has 5 nitrogen and oxygen atoms in total. The number of nitrogen functional groups attached to an aromatic ring is 1. The smallest absolute Gasteiger partial charge is 0.191 e. The molecule has 2 rings (SSSR count). The highest BCUT2D eigenvalue weighted by Crippen LogP contribution is 2.20. The van der Waals surface area contributed by atoms with Gasteiger partial charge in [0, 0.05) is 38.3 Å². The zero-order chi connectivity index (χ0) is 13.1. The number of aromatic nitrogens is 2. The molecule has 0 spiro atoms. The Morgan fingerprint density at radius 3 is 2.44 bits per heavy atom. The predicted molar refractivity (Wildman–Crippen MR) is 77.1 cm³/mol. The summed E-state index contributed by atoms with van der Waals surface area (Å²) >= 11 is 1.53. The Bertz CT molecular complexity index is 401. The van der Waals surface area contributed by atoms with E-state index in [1.807, 2.05) is 12.3 Å². The van der Waals surface area contributed by atoms with E-state index in [0.717, 1.165) is 37.2 Å². The predicted octanol–water partition coefficient (Wildman–Crippen LogP) is 1.31. The largest absolute Gasteiger partial charge is 0.383 e. The molecule has 1 aliphatic heterocycles. The van der Waals surface area contributed by atoms with Gasteiger partial charge in [0.2, 0.25) is 0 Å². The maximum atomic E-state index is 5.82. The van der Waals surface area contributed by atoms with Gasteiger partial charge in [0.1, 0.15) is 11.6 Å². The molecule has 2 N–H and O–H groups in total. The van der Waals surface area contributed by atoms with Gasteiger partial charge in [-0.05, 0) is 20.1 Å². The van der Waals surface area contributed by atoms with Crippen LogP contribution in [0.5, 0.6) is 0 Å².